The van der Waals surface area contributed by atoms with E-state index in [0.717, 1.165) is 23.4 Å². The number of hydrogen-bond acceptors (Lipinski definition) is 9. The summed E-state index contributed by atoms with van der Waals surface area (Å²) in [5, 5.41) is 23.5. The first-order chi connectivity index (χ1) is 18.8. The van der Waals surface area contributed by atoms with Gasteiger partial charge in [-0.1, -0.05) is 42.5 Å². The van der Waals surface area contributed by atoms with Crippen molar-refractivity contribution in [2.75, 3.05) is 33.2 Å². The molecule has 0 radical (unpaired) electrons. The van der Waals surface area contributed by atoms with Gasteiger partial charge in [0.1, 0.15) is 19.2 Å². The molecule has 2 amide bonds. The monoisotopic (exact) mass is 571 g/mol. The first-order valence-electron chi connectivity index (χ1n) is 12.4. The number of tetrazole rings is 1. The molecule has 0 saturated carbocycles. The van der Waals surface area contributed by atoms with Crippen LogP contribution in [0.1, 0.15) is 22.3 Å². The minimum absolute atomic E-state index is 0. The number of halogens is 1. The first-order valence-corrected chi connectivity index (χ1v) is 12.4. The fourth-order valence-electron chi connectivity index (χ4n) is 3.96. The van der Waals surface area contributed by atoms with Crippen molar-refractivity contribution in [3.8, 4) is 11.4 Å². The molecule has 2 N–H and O–H groups in total. The van der Waals surface area contributed by atoms with Gasteiger partial charge in [0.25, 0.3) is 5.91 Å². The number of aliphatic carboxylic acids is 1. The van der Waals surface area contributed by atoms with Gasteiger partial charge in [0.2, 0.25) is 5.82 Å². The van der Waals surface area contributed by atoms with Crippen LogP contribution in [0.3, 0.4) is 0 Å². The largest absolute Gasteiger partial charge is 0.481 e. The van der Waals surface area contributed by atoms with Crippen LogP contribution in [-0.2, 0) is 27.5 Å². The molecule has 2 aromatic carbocycles. The Morgan fingerprint density at radius 3 is 2.33 bits per heavy atom. The van der Waals surface area contributed by atoms with E-state index in [1.54, 1.807) is 48.5 Å². The fraction of sp³-hybridized carbons (Fsp3) is 0.346. The van der Waals surface area contributed by atoms with Crippen molar-refractivity contribution >= 4 is 36.2 Å². The van der Waals surface area contributed by atoms with E-state index in [-0.39, 0.29) is 30.7 Å². The highest BCUT2D eigenvalue weighted by Crippen LogP contribution is 2.16. The van der Waals surface area contributed by atoms with Crippen molar-refractivity contribution in [1.29, 1.82) is 0 Å². The SMILES string of the molecule is CN1CCN(C(=O)c2ccc(-c3nnn(CC(=O)C(CC(=O)O)NC(=O)OCc4ccccc4)n3)cc2)CC1.Cl. The number of likely N-dealkylation sites (N-methyl/N-ethyl adjacent to an activating group) is 1. The van der Waals surface area contributed by atoms with Gasteiger partial charge in [0.05, 0.1) is 6.42 Å². The maximum atomic E-state index is 12.8. The van der Waals surface area contributed by atoms with Crippen LogP contribution in [0.25, 0.3) is 11.4 Å². The number of Topliss-reactive ketones (excluding diaryl/α,β-unsaturated/α-hetero) is 1. The Morgan fingerprint density at radius 1 is 1.00 bits per heavy atom. The van der Waals surface area contributed by atoms with Gasteiger partial charge in [0, 0.05) is 37.3 Å². The summed E-state index contributed by atoms with van der Waals surface area (Å²) >= 11 is 0. The van der Waals surface area contributed by atoms with Crippen LogP contribution >= 0.6 is 12.4 Å². The lowest BCUT2D eigenvalue weighted by atomic mass is 10.1. The van der Waals surface area contributed by atoms with Crippen LogP contribution in [0.5, 0.6) is 0 Å². The molecule has 14 heteroatoms. The number of ether oxygens (including phenoxy) is 1. The number of amides is 2. The van der Waals surface area contributed by atoms with Gasteiger partial charge in [0.15, 0.2) is 5.78 Å². The molecule has 1 fully saturated rings. The van der Waals surface area contributed by atoms with Crippen molar-refractivity contribution in [2.24, 2.45) is 0 Å². The van der Waals surface area contributed by atoms with E-state index < -0.39 is 36.9 Å². The maximum absolute atomic E-state index is 12.8. The predicted octanol–water partition coefficient (Wildman–Crippen LogP) is 1.49. The van der Waals surface area contributed by atoms with Crippen LogP contribution in [0, 0.1) is 0 Å². The molecule has 1 aromatic heterocycles. The van der Waals surface area contributed by atoms with E-state index in [2.05, 4.69) is 25.6 Å². The molecule has 13 nitrogen and oxygen atoms in total. The number of nitrogens with one attached hydrogen (secondary N) is 1. The highest BCUT2D eigenvalue weighted by atomic mass is 35.5. The number of piperazine rings is 1. The molecule has 1 aliphatic rings. The lowest BCUT2D eigenvalue weighted by Gasteiger charge is -2.32. The Hall–Kier alpha value is -4.36. The van der Waals surface area contributed by atoms with Crippen LogP contribution in [-0.4, -0.2) is 98.1 Å². The van der Waals surface area contributed by atoms with Crippen molar-refractivity contribution in [3.63, 3.8) is 0 Å². The van der Waals surface area contributed by atoms with Crippen LogP contribution in [0.15, 0.2) is 54.6 Å². The molecule has 1 unspecified atom stereocenters. The zero-order chi connectivity index (χ0) is 27.8. The Morgan fingerprint density at radius 2 is 1.68 bits per heavy atom. The van der Waals surface area contributed by atoms with Gasteiger partial charge in [-0.25, -0.2) is 4.79 Å². The van der Waals surface area contributed by atoms with Gasteiger partial charge in [-0.2, -0.15) is 4.80 Å². The highest BCUT2D eigenvalue weighted by molar-refractivity contribution is 5.94. The Balaban J connectivity index is 0.00000441. The molecule has 0 spiro atoms. The molecule has 4 rings (SSSR count). The standard InChI is InChI=1S/C26H29N7O6.ClH/c1-31-11-13-32(14-12-31)25(37)20-9-7-19(8-10-20)24-28-30-33(29-24)16-22(34)21(15-23(35)36)27-26(38)39-17-18-5-3-2-4-6-18;/h2-10,21H,11-17H2,1H3,(H,27,38)(H,35,36);1H. The van der Waals surface area contributed by atoms with E-state index >= 15 is 0 Å². The van der Waals surface area contributed by atoms with Crippen molar-refractivity contribution in [1.82, 2.24) is 35.3 Å². The summed E-state index contributed by atoms with van der Waals surface area (Å²) in [4.78, 5) is 54.0. The Labute approximate surface area is 236 Å². The lowest BCUT2D eigenvalue weighted by molar-refractivity contribution is -0.139. The van der Waals surface area contributed by atoms with Gasteiger partial charge < -0.3 is 25.0 Å². The van der Waals surface area contributed by atoms with Crippen molar-refractivity contribution in [2.45, 2.75) is 25.6 Å². The Kier molecular flexibility index (Phi) is 10.7. The second-order valence-electron chi connectivity index (χ2n) is 9.14. The number of hydrogen-bond donors (Lipinski definition) is 2. The molecule has 212 valence electrons. The summed E-state index contributed by atoms with van der Waals surface area (Å²) < 4.78 is 5.10. The van der Waals surface area contributed by atoms with Gasteiger partial charge in [-0.15, -0.1) is 22.6 Å². The van der Waals surface area contributed by atoms with E-state index in [1.807, 2.05) is 18.0 Å². The number of alkyl carbamates (subject to hydrolysis) is 1. The molecule has 40 heavy (non-hydrogen) atoms. The van der Waals surface area contributed by atoms with Crippen LogP contribution in [0.4, 0.5) is 4.79 Å². The topological polar surface area (TPSA) is 160 Å². The summed E-state index contributed by atoms with van der Waals surface area (Å²) in [5.41, 5.74) is 1.88. The average Bonchev–Trinajstić information content (AvgIpc) is 3.40. The highest BCUT2D eigenvalue weighted by Gasteiger charge is 2.26. The summed E-state index contributed by atoms with van der Waals surface area (Å²) in [6.07, 6.45) is -1.55. The molecular weight excluding hydrogens is 542 g/mol. The minimum Gasteiger partial charge on any atom is -0.481 e. The number of aromatic nitrogens is 4. The number of nitrogens with zero attached hydrogens (tertiary/aromatic N) is 6. The number of ketones is 1. The zero-order valence-electron chi connectivity index (χ0n) is 21.8. The van der Waals surface area contributed by atoms with Gasteiger partial charge in [-0.05, 0) is 30.0 Å². The van der Waals surface area contributed by atoms with Crippen LogP contribution < -0.4 is 5.32 Å². The van der Waals surface area contributed by atoms with Crippen LogP contribution in [0.2, 0.25) is 0 Å². The molecule has 1 aliphatic heterocycles. The first kappa shape index (κ1) is 30.2. The maximum Gasteiger partial charge on any atom is 0.408 e. The molecular formula is C26H30ClN7O6. The molecule has 3 aromatic rings. The molecule has 1 atom stereocenters. The van der Waals surface area contributed by atoms with E-state index in [4.69, 9.17) is 4.74 Å². The zero-order valence-corrected chi connectivity index (χ0v) is 22.6. The number of carbonyl (C=O) groups excluding carboxylic acids is 3. The number of rotatable bonds is 10. The van der Waals surface area contributed by atoms with Gasteiger partial charge in [-0.3, -0.25) is 14.4 Å². The third kappa shape index (κ3) is 8.32. The van der Waals surface area contributed by atoms with Crippen molar-refractivity contribution < 1.29 is 29.0 Å². The second kappa shape index (κ2) is 14.1. The molecule has 0 bridgehead atoms. The number of carbonyl (C=O) groups is 4. The molecule has 0 aliphatic carbocycles. The smallest absolute Gasteiger partial charge is 0.408 e. The number of carboxylic acid groups (broad SMARTS) is 1. The normalized spacial score (nSPS) is 14.1. The summed E-state index contributed by atoms with van der Waals surface area (Å²) in [6.45, 7) is 2.55. The summed E-state index contributed by atoms with van der Waals surface area (Å²) in [7, 11) is 2.02. The average molecular weight is 572 g/mol. The molecule has 1 saturated heterocycles. The van der Waals surface area contributed by atoms with E-state index in [0.29, 0.717) is 24.2 Å². The number of carboxylic acids is 1. The Bertz CT molecular complexity index is 1310. The van der Waals surface area contributed by atoms with Gasteiger partial charge >= 0.3 is 12.1 Å². The molecule has 2 heterocycles. The third-order valence-electron chi connectivity index (χ3n) is 6.20. The minimum atomic E-state index is -1.35. The van der Waals surface area contributed by atoms with E-state index in [1.165, 1.54) is 0 Å². The van der Waals surface area contributed by atoms with Crippen molar-refractivity contribution in [3.05, 3.63) is 65.7 Å². The second-order valence-corrected chi connectivity index (χ2v) is 9.14. The quantitative estimate of drug-likeness (QED) is 0.365. The predicted molar refractivity (Wildman–Crippen MR) is 145 cm³/mol. The fourth-order valence-corrected chi connectivity index (χ4v) is 3.96. The summed E-state index contributed by atoms with van der Waals surface area (Å²) in [6, 6.07) is 14.4. The summed E-state index contributed by atoms with van der Waals surface area (Å²) in [5.74, 6) is -1.72. The van der Waals surface area contributed by atoms with E-state index in [9.17, 15) is 24.3 Å². The number of benzene rings is 2. The third-order valence-corrected chi connectivity index (χ3v) is 6.20. The lowest BCUT2D eigenvalue weighted by Crippen LogP contribution is -2.47.